The lowest BCUT2D eigenvalue weighted by molar-refractivity contribution is 0.189. The molecule has 1 fully saturated rings. The number of rotatable bonds is 8. The van der Waals surface area contributed by atoms with Gasteiger partial charge in [0.25, 0.3) is 0 Å². The van der Waals surface area contributed by atoms with E-state index in [4.69, 9.17) is 0 Å². The quantitative estimate of drug-likeness (QED) is 0.416. The van der Waals surface area contributed by atoms with Crippen LogP contribution < -0.4 is 10.6 Å². The molecule has 0 aliphatic carbocycles. The number of nitrogens with zero attached hydrogens (tertiary/aromatic N) is 4. The summed E-state index contributed by atoms with van der Waals surface area (Å²) >= 11 is 0. The molecule has 6 heteroatoms. The third-order valence-corrected chi connectivity index (χ3v) is 5.85. The molecule has 2 rings (SSSR count). The molecule has 1 atom stereocenters. The molecule has 0 radical (unpaired) electrons. The summed E-state index contributed by atoms with van der Waals surface area (Å²) in [5.41, 5.74) is 3.71. The third kappa shape index (κ3) is 6.83. The molecule has 1 unspecified atom stereocenters. The average Bonchev–Trinajstić information content (AvgIpc) is 2.88. The summed E-state index contributed by atoms with van der Waals surface area (Å²) in [6.45, 7) is 13.6. The number of unbranched alkanes of at least 4 members (excludes halogenated alkanes) is 1. The lowest BCUT2D eigenvalue weighted by Gasteiger charge is -2.30. The van der Waals surface area contributed by atoms with Crippen LogP contribution in [0.15, 0.2) is 4.99 Å². The maximum Gasteiger partial charge on any atom is 0.191 e. The summed E-state index contributed by atoms with van der Waals surface area (Å²) in [4.78, 5) is 7.00. The van der Waals surface area contributed by atoms with Gasteiger partial charge < -0.3 is 15.5 Å². The highest BCUT2D eigenvalue weighted by molar-refractivity contribution is 5.79. The molecule has 2 heterocycles. The third-order valence-electron chi connectivity index (χ3n) is 5.85. The highest BCUT2D eigenvalue weighted by Gasteiger charge is 2.15. The molecule has 1 saturated heterocycles. The van der Waals surface area contributed by atoms with Gasteiger partial charge >= 0.3 is 0 Å². The standard InChI is InChI=1S/C21H40N6/c1-16-9-13-27(14-10-16)12-8-7-11-23-21(22-5)24-17(2)15-20-18(3)25-26(6)19(20)4/h16-17H,7-15H2,1-6H3,(H2,22,23,24). The fourth-order valence-corrected chi connectivity index (χ4v) is 3.85. The fourth-order valence-electron chi connectivity index (χ4n) is 3.85. The largest absolute Gasteiger partial charge is 0.356 e. The Kier molecular flexibility index (Phi) is 8.61. The molecular weight excluding hydrogens is 336 g/mol. The van der Waals surface area contributed by atoms with E-state index in [2.05, 4.69) is 53.3 Å². The summed E-state index contributed by atoms with van der Waals surface area (Å²) in [6, 6.07) is 0.313. The average molecular weight is 377 g/mol. The van der Waals surface area contributed by atoms with Crippen LogP contribution in [-0.4, -0.2) is 59.9 Å². The van der Waals surface area contributed by atoms with Crippen LogP contribution in [0.25, 0.3) is 0 Å². The molecule has 1 aliphatic heterocycles. The van der Waals surface area contributed by atoms with Crippen LogP contribution in [0.4, 0.5) is 0 Å². The van der Waals surface area contributed by atoms with Crippen molar-refractivity contribution in [3.05, 3.63) is 17.0 Å². The van der Waals surface area contributed by atoms with Gasteiger partial charge in [0.15, 0.2) is 5.96 Å². The fraction of sp³-hybridized carbons (Fsp3) is 0.810. The first-order chi connectivity index (χ1) is 12.9. The molecule has 0 spiro atoms. The molecule has 0 aromatic carbocycles. The number of hydrogen-bond donors (Lipinski definition) is 2. The smallest absolute Gasteiger partial charge is 0.191 e. The van der Waals surface area contributed by atoms with Gasteiger partial charge in [-0.1, -0.05) is 6.92 Å². The lowest BCUT2D eigenvalue weighted by atomic mass is 9.99. The van der Waals surface area contributed by atoms with Gasteiger partial charge in [-0.25, -0.2) is 0 Å². The van der Waals surface area contributed by atoms with Gasteiger partial charge in [-0.15, -0.1) is 0 Å². The van der Waals surface area contributed by atoms with Crippen LogP contribution in [-0.2, 0) is 13.5 Å². The Hall–Kier alpha value is -1.56. The number of piperidine rings is 1. The second kappa shape index (κ2) is 10.7. The van der Waals surface area contributed by atoms with Gasteiger partial charge in [0.1, 0.15) is 0 Å². The highest BCUT2D eigenvalue weighted by Crippen LogP contribution is 2.16. The van der Waals surface area contributed by atoms with E-state index in [1.54, 1.807) is 0 Å². The molecule has 0 bridgehead atoms. The Morgan fingerprint density at radius 3 is 2.56 bits per heavy atom. The van der Waals surface area contributed by atoms with Gasteiger partial charge in [0.2, 0.25) is 0 Å². The van der Waals surface area contributed by atoms with Crippen molar-refractivity contribution in [1.29, 1.82) is 0 Å². The van der Waals surface area contributed by atoms with E-state index in [0.29, 0.717) is 6.04 Å². The second-order valence-electron chi connectivity index (χ2n) is 8.25. The molecule has 1 aromatic rings. The second-order valence-corrected chi connectivity index (χ2v) is 8.25. The summed E-state index contributed by atoms with van der Waals surface area (Å²) in [7, 11) is 3.85. The van der Waals surface area contributed by atoms with Crippen LogP contribution in [0, 0.1) is 19.8 Å². The van der Waals surface area contributed by atoms with Gasteiger partial charge in [0.05, 0.1) is 5.69 Å². The maximum atomic E-state index is 4.51. The molecule has 0 amide bonds. The van der Waals surface area contributed by atoms with Crippen LogP contribution in [0.2, 0.25) is 0 Å². The number of guanidine groups is 1. The zero-order valence-electron chi connectivity index (χ0n) is 18.3. The van der Waals surface area contributed by atoms with Crippen LogP contribution in [0.5, 0.6) is 0 Å². The van der Waals surface area contributed by atoms with Crippen LogP contribution in [0.1, 0.15) is 56.5 Å². The van der Waals surface area contributed by atoms with Crippen molar-refractivity contribution in [1.82, 2.24) is 25.3 Å². The van der Waals surface area contributed by atoms with Crippen LogP contribution in [0.3, 0.4) is 0 Å². The van der Waals surface area contributed by atoms with Gasteiger partial charge in [-0.2, -0.15) is 5.10 Å². The van der Waals surface area contributed by atoms with E-state index in [1.165, 1.54) is 56.6 Å². The van der Waals surface area contributed by atoms with E-state index in [0.717, 1.165) is 30.5 Å². The summed E-state index contributed by atoms with van der Waals surface area (Å²) in [5.74, 6) is 1.81. The van der Waals surface area contributed by atoms with Crippen molar-refractivity contribution in [3.63, 3.8) is 0 Å². The van der Waals surface area contributed by atoms with E-state index >= 15 is 0 Å². The van der Waals surface area contributed by atoms with Crippen molar-refractivity contribution in [2.75, 3.05) is 33.2 Å². The van der Waals surface area contributed by atoms with E-state index in [-0.39, 0.29) is 0 Å². The van der Waals surface area contributed by atoms with E-state index in [1.807, 2.05) is 18.8 Å². The molecule has 0 saturated carbocycles. The number of aryl methyl sites for hydroxylation is 2. The Balaban J connectivity index is 1.65. The first kappa shape index (κ1) is 21.7. The molecule has 1 aromatic heterocycles. The first-order valence-corrected chi connectivity index (χ1v) is 10.6. The Morgan fingerprint density at radius 2 is 1.96 bits per heavy atom. The normalized spacial score (nSPS) is 17.9. The number of hydrogen-bond acceptors (Lipinski definition) is 3. The molecule has 2 N–H and O–H groups in total. The minimum atomic E-state index is 0.313. The number of aliphatic imine (C=N–C) groups is 1. The van der Waals surface area contributed by atoms with E-state index in [9.17, 15) is 0 Å². The summed E-state index contributed by atoms with van der Waals surface area (Å²) in [5, 5.41) is 11.5. The van der Waals surface area contributed by atoms with E-state index < -0.39 is 0 Å². The number of likely N-dealkylation sites (tertiary alicyclic amines) is 1. The maximum absolute atomic E-state index is 4.51. The zero-order chi connectivity index (χ0) is 19.8. The van der Waals surface area contributed by atoms with Gasteiger partial charge in [0, 0.05) is 32.4 Å². The molecular formula is C21H40N6. The topological polar surface area (TPSA) is 57.5 Å². The zero-order valence-corrected chi connectivity index (χ0v) is 18.3. The van der Waals surface area contributed by atoms with Gasteiger partial charge in [-0.3, -0.25) is 9.67 Å². The Labute approximate surface area is 165 Å². The summed E-state index contributed by atoms with van der Waals surface area (Å²) < 4.78 is 1.97. The first-order valence-electron chi connectivity index (χ1n) is 10.6. The minimum Gasteiger partial charge on any atom is -0.356 e. The Morgan fingerprint density at radius 1 is 1.26 bits per heavy atom. The number of aromatic nitrogens is 2. The minimum absolute atomic E-state index is 0.313. The molecule has 154 valence electrons. The summed E-state index contributed by atoms with van der Waals surface area (Å²) in [6.07, 6.45) is 6.12. The van der Waals surface area contributed by atoms with Crippen molar-refractivity contribution in [3.8, 4) is 0 Å². The van der Waals surface area contributed by atoms with Crippen LogP contribution >= 0.6 is 0 Å². The predicted octanol–water partition coefficient (Wildman–Crippen LogP) is 2.65. The molecule has 27 heavy (non-hydrogen) atoms. The van der Waals surface area contributed by atoms with Gasteiger partial charge in [-0.05, 0) is 84.0 Å². The Bertz CT molecular complexity index is 598. The molecule has 1 aliphatic rings. The van der Waals surface area contributed by atoms with Crippen molar-refractivity contribution in [2.45, 2.75) is 65.8 Å². The van der Waals surface area contributed by atoms with Crippen molar-refractivity contribution in [2.24, 2.45) is 18.0 Å². The number of nitrogens with one attached hydrogen (secondary N) is 2. The molecule has 6 nitrogen and oxygen atoms in total. The lowest BCUT2D eigenvalue weighted by Crippen LogP contribution is -2.43. The predicted molar refractivity (Wildman–Crippen MR) is 114 cm³/mol. The van der Waals surface area contributed by atoms with Crippen molar-refractivity contribution < 1.29 is 0 Å². The monoisotopic (exact) mass is 376 g/mol. The van der Waals surface area contributed by atoms with Crippen molar-refractivity contribution >= 4 is 5.96 Å². The highest BCUT2D eigenvalue weighted by atomic mass is 15.3. The SMILES string of the molecule is CN=C(NCCCCN1CCC(C)CC1)NC(C)Cc1c(C)nn(C)c1C.